The number of rotatable bonds is 4. The van der Waals surface area contributed by atoms with Gasteiger partial charge in [0.2, 0.25) is 5.91 Å². The number of hydrogen-bond donors (Lipinski definition) is 2. The molecule has 3 unspecified atom stereocenters. The van der Waals surface area contributed by atoms with E-state index in [2.05, 4.69) is 10.6 Å². The zero-order chi connectivity index (χ0) is 11.4. The Kier molecular flexibility index (Phi) is 4.18. The lowest BCUT2D eigenvalue weighted by molar-refractivity contribution is -0.123. The van der Waals surface area contributed by atoms with Gasteiger partial charge in [0.05, 0.1) is 12.1 Å². The average molecular weight is 226 g/mol. The molecule has 0 aromatic rings. The molecule has 0 radical (unpaired) electrons. The molecule has 0 aromatic carbocycles. The normalized spacial score (nSPS) is 31.6. The molecular formula is C12H22N2O2. The molecule has 2 aliphatic rings. The summed E-state index contributed by atoms with van der Waals surface area (Å²) < 4.78 is 5.56. The van der Waals surface area contributed by atoms with E-state index in [1.807, 2.05) is 6.92 Å². The highest BCUT2D eigenvalue weighted by molar-refractivity contribution is 5.76. The third kappa shape index (κ3) is 3.19. The smallest absolute Gasteiger partial charge is 0.220 e. The third-order valence-corrected chi connectivity index (χ3v) is 3.55. The Bertz CT molecular complexity index is 233. The molecule has 3 atom stereocenters. The Labute approximate surface area is 97.1 Å². The van der Waals surface area contributed by atoms with Crippen LogP contribution in [-0.4, -0.2) is 37.7 Å². The Balaban J connectivity index is 1.68. The number of carbonyl (C=O) groups is 1. The second kappa shape index (κ2) is 5.64. The minimum atomic E-state index is 0.157. The molecule has 0 aromatic heterocycles. The van der Waals surface area contributed by atoms with Crippen molar-refractivity contribution in [1.82, 2.24) is 10.6 Å². The summed E-state index contributed by atoms with van der Waals surface area (Å²) in [6.45, 7) is 4.93. The fraction of sp³-hybridized carbons (Fsp3) is 0.917. The lowest BCUT2D eigenvalue weighted by Gasteiger charge is -2.20. The van der Waals surface area contributed by atoms with E-state index in [1.165, 1.54) is 0 Å². The van der Waals surface area contributed by atoms with Crippen LogP contribution in [0.1, 0.15) is 32.6 Å². The summed E-state index contributed by atoms with van der Waals surface area (Å²) in [7, 11) is 0. The SMILES string of the molecule is CC(NC(=O)CC1CCNC1)C1CCCO1. The van der Waals surface area contributed by atoms with E-state index in [0.717, 1.165) is 39.0 Å². The van der Waals surface area contributed by atoms with E-state index in [9.17, 15) is 4.79 Å². The van der Waals surface area contributed by atoms with Gasteiger partial charge in [0, 0.05) is 13.0 Å². The highest BCUT2D eigenvalue weighted by Gasteiger charge is 2.25. The minimum Gasteiger partial charge on any atom is -0.376 e. The average Bonchev–Trinajstić information content (AvgIpc) is 2.88. The molecule has 2 heterocycles. The molecule has 0 bridgehead atoms. The second-order valence-electron chi connectivity index (χ2n) is 4.97. The van der Waals surface area contributed by atoms with Crippen molar-refractivity contribution in [3.05, 3.63) is 0 Å². The van der Waals surface area contributed by atoms with Crippen molar-refractivity contribution in [2.24, 2.45) is 5.92 Å². The van der Waals surface area contributed by atoms with E-state index in [-0.39, 0.29) is 18.1 Å². The molecular weight excluding hydrogens is 204 g/mol. The van der Waals surface area contributed by atoms with Gasteiger partial charge in [-0.2, -0.15) is 0 Å². The summed E-state index contributed by atoms with van der Waals surface area (Å²) in [4.78, 5) is 11.8. The Morgan fingerprint density at radius 3 is 3.06 bits per heavy atom. The van der Waals surface area contributed by atoms with Crippen LogP contribution in [0.2, 0.25) is 0 Å². The molecule has 4 nitrogen and oxygen atoms in total. The van der Waals surface area contributed by atoms with Gasteiger partial charge < -0.3 is 15.4 Å². The van der Waals surface area contributed by atoms with Crippen LogP contribution in [-0.2, 0) is 9.53 Å². The fourth-order valence-corrected chi connectivity index (χ4v) is 2.55. The van der Waals surface area contributed by atoms with Gasteiger partial charge >= 0.3 is 0 Å². The van der Waals surface area contributed by atoms with Gasteiger partial charge in [-0.15, -0.1) is 0 Å². The molecule has 0 aliphatic carbocycles. The Morgan fingerprint density at radius 2 is 2.44 bits per heavy atom. The van der Waals surface area contributed by atoms with Crippen molar-refractivity contribution in [3.63, 3.8) is 0 Å². The zero-order valence-electron chi connectivity index (χ0n) is 10.00. The first kappa shape index (κ1) is 11.9. The van der Waals surface area contributed by atoms with E-state index in [1.54, 1.807) is 0 Å². The van der Waals surface area contributed by atoms with Gasteiger partial charge in [-0.05, 0) is 45.2 Å². The molecule has 4 heteroatoms. The van der Waals surface area contributed by atoms with Gasteiger partial charge in [0.25, 0.3) is 0 Å². The Hall–Kier alpha value is -0.610. The van der Waals surface area contributed by atoms with Gasteiger partial charge in [-0.1, -0.05) is 0 Å². The number of amides is 1. The zero-order valence-corrected chi connectivity index (χ0v) is 10.00. The van der Waals surface area contributed by atoms with Crippen LogP contribution >= 0.6 is 0 Å². The van der Waals surface area contributed by atoms with Crippen molar-refractivity contribution in [2.75, 3.05) is 19.7 Å². The number of carbonyl (C=O) groups excluding carboxylic acids is 1. The predicted octanol–water partition coefficient (Wildman–Crippen LogP) is 0.670. The summed E-state index contributed by atoms with van der Waals surface area (Å²) in [5, 5.41) is 6.34. The largest absolute Gasteiger partial charge is 0.376 e. The Morgan fingerprint density at radius 1 is 1.56 bits per heavy atom. The van der Waals surface area contributed by atoms with Crippen molar-refractivity contribution in [2.45, 2.75) is 44.8 Å². The standard InChI is InChI=1S/C12H22N2O2/c1-9(11-3-2-6-16-11)14-12(15)7-10-4-5-13-8-10/h9-11,13H,2-8H2,1H3,(H,14,15). The first-order valence-electron chi connectivity index (χ1n) is 6.37. The molecule has 16 heavy (non-hydrogen) atoms. The number of hydrogen-bond acceptors (Lipinski definition) is 3. The van der Waals surface area contributed by atoms with E-state index in [4.69, 9.17) is 4.74 Å². The lowest BCUT2D eigenvalue weighted by Crippen LogP contribution is -2.41. The summed E-state index contributed by atoms with van der Waals surface area (Å²) >= 11 is 0. The summed E-state index contributed by atoms with van der Waals surface area (Å²) in [5.74, 6) is 0.702. The lowest BCUT2D eigenvalue weighted by atomic mass is 10.0. The molecule has 0 spiro atoms. The maximum Gasteiger partial charge on any atom is 0.220 e. The summed E-state index contributed by atoms with van der Waals surface area (Å²) in [6.07, 6.45) is 4.21. The van der Waals surface area contributed by atoms with Crippen LogP contribution in [0.3, 0.4) is 0 Å². The second-order valence-corrected chi connectivity index (χ2v) is 4.97. The van der Waals surface area contributed by atoms with Crippen molar-refractivity contribution in [1.29, 1.82) is 0 Å². The molecule has 0 saturated carbocycles. The van der Waals surface area contributed by atoms with Crippen LogP contribution in [0.4, 0.5) is 0 Å². The van der Waals surface area contributed by atoms with Crippen LogP contribution in [0, 0.1) is 5.92 Å². The monoisotopic (exact) mass is 226 g/mol. The van der Waals surface area contributed by atoms with E-state index in [0.29, 0.717) is 12.3 Å². The fourth-order valence-electron chi connectivity index (χ4n) is 2.55. The first-order valence-corrected chi connectivity index (χ1v) is 6.37. The molecule has 2 N–H and O–H groups in total. The van der Waals surface area contributed by atoms with E-state index >= 15 is 0 Å². The van der Waals surface area contributed by atoms with Crippen molar-refractivity contribution < 1.29 is 9.53 Å². The quantitative estimate of drug-likeness (QED) is 0.741. The maximum absolute atomic E-state index is 11.8. The molecule has 1 amide bonds. The van der Waals surface area contributed by atoms with Gasteiger partial charge in [-0.3, -0.25) is 4.79 Å². The van der Waals surface area contributed by atoms with Crippen LogP contribution < -0.4 is 10.6 Å². The van der Waals surface area contributed by atoms with Gasteiger partial charge in [0.1, 0.15) is 0 Å². The van der Waals surface area contributed by atoms with Gasteiger partial charge in [0.15, 0.2) is 0 Å². The highest BCUT2D eigenvalue weighted by Crippen LogP contribution is 2.16. The van der Waals surface area contributed by atoms with Crippen LogP contribution in [0.5, 0.6) is 0 Å². The summed E-state index contributed by atoms with van der Waals surface area (Å²) in [5.41, 5.74) is 0. The van der Waals surface area contributed by atoms with E-state index < -0.39 is 0 Å². The molecule has 2 fully saturated rings. The van der Waals surface area contributed by atoms with Crippen LogP contribution in [0.15, 0.2) is 0 Å². The molecule has 2 rings (SSSR count). The molecule has 2 aliphatic heterocycles. The summed E-state index contributed by atoms with van der Waals surface area (Å²) in [6, 6.07) is 0.157. The molecule has 2 saturated heterocycles. The van der Waals surface area contributed by atoms with Crippen molar-refractivity contribution in [3.8, 4) is 0 Å². The minimum absolute atomic E-state index is 0.157. The number of ether oxygens (including phenoxy) is 1. The maximum atomic E-state index is 11.8. The predicted molar refractivity (Wildman–Crippen MR) is 62.2 cm³/mol. The third-order valence-electron chi connectivity index (χ3n) is 3.55. The highest BCUT2D eigenvalue weighted by atomic mass is 16.5. The number of nitrogens with one attached hydrogen (secondary N) is 2. The molecule has 92 valence electrons. The van der Waals surface area contributed by atoms with Gasteiger partial charge in [-0.25, -0.2) is 0 Å². The van der Waals surface area contributed by atoms with Crippen LogP contribution in [0.25, 0.3) is 0 Å². The first-order chi connectivity index (χ1) is 7.75. The topological polar surface area (TPSA) is 50.4 Å². The van der Waals surface area contributed by atoms with Crippen molar-refractivity contribution >= 4 is 5.91 Å².